The van der Waals surface area contributed by atoms with E-state index in [1.807, 2.05) is 18.2 Å². The van der Waals surface area contributed by atoms with Crippen molar-refractivity contribution in [3.63, 3.8) is 0 Å². The summed E-state index contributed by atoms with van der Waals surface area (Å²) < 4.78 is 23.8. The van der Waals surface area contributed by atoms with Crippen molar-refractivity contribution in [3.05, 3.63) is 53.2 Å². The van der Waals surface area contributed by atoms with Crippen molar-refractivity contribution in [1.29, 1.82) is 0 Å². The minimum atomic E-state index is -0.702. The normalized spacial score (nSPS) is 12.7. The number of aromatic nitrogens is 2. The van der Waals surface area contributed by atoms with E-state index in [-0.39, 0.29) is 24.8 Å². The summed E-state index contributed by atoms with van der Waals surface area (Å²) in [7, 11) is 1.58. The lowest BCUT2D eigenvalue weighted by Crippen LogP contribution is -2.41. The van der Waals surface area contributed by atoms with Crippen LogP contribution in [0.15, 0.2) is 42.5 Å². The Morgan fingerprint density at radius 3 is 2.36 bits per heavy atom. The fraction of sp³-hybridized carbons (Fsp3) is 0.464. The second-order valence-electron chi connectivity index (χ2n) is 11.0. The first-order valence-electron chi connectivity index (χ1n) is 12.6. The molecule has 1 atom stereocenters. The summed E-state index contributed by atoms with van der Waals surface area (Å²) in [6.45, 7) is 11.3. The smallest absolute Gasteiger partial charge is 0.435 e. The van der Waals surface area contributed by atoms with Crippen molar-refractivity contribution < 1.29 is 28.5 Å². The van der Waals surface area contributed by atoms with Crippen molar-refractivity contribution in [2.24, 2.45) is 0 Å². The number of benzene rings is 2. The highest BCUT2D eigenvalue weighted by Crippen LogP contribution is 2.28. The standard InChI is InChI=1S/C28H37ClN4O6/c1-27(2,3)38-25(34)32(17-23(36-7)18-9-8-10-19(30)15-18)13-14-37-20-11-12-21-22(16-20)33(31-24(21)29)26(35)39-28(4,5)6/h8-12,15-16,23H,13-14,17,30H2,1-7H3/t23-/m0/s1. The van der Waals surface area contributed by atoms with Gasteiger partial charge >= 0.3 is 12.2 Å². The molecule has 0 radical (unpaired) electrons. The first-order chi connectivity index (χ1) is 18.2. The molecule has 0 unspecified atom stereocenters. The molecule has 0 aliphatic rings. The predicted octanol–water partition coefficient (Wildman–Crippen LogP) is 6.06. The number of methoxy groups -OCH3 is 1. The van der Waals surface area contributed by atoms with Gasteiger partial charge in [-0.2, -0.15) is 4.68 Å². The van der Waals surface area contributed by atoms with Gasteiger partial charge in [0.2, 0.25) is 0 Å². The van der Waals surface area contributed by atoms with Gasteiger partial charge in [-0.15, -0.1) is 5.10 Å². The Labute approximate surface area is 233 Å². The summed E-state index contributed by atoms with van der Waals surface area (Å²) in [6, 6.07) is 12.4. The molecule has 0 saturated carbocycles. The highest BCUT2D eigenvalue weighted by Gasteiger charge is 2.26. The van der Waals surface area contributed by atoms with Crippen LogP contribution in [0.1, 0.15) is 53.2 Å². The third kappa shape index (κ3) is 8.49. The summed E-state index contributed by atoms with van der Waals surface area (Å²) >= 11 is 6.24. The maximum absolute atomic E-state index is 13.1. The highest BCUT2D eigenvalue weighted by molar-refractivity contribution is 6.34. The van der Waals surface area contributed by atoms with Crippen LogP contribution < -0.4 is 10.5 Å². The number of rotatable bonds is 8. The predicted molar refractivity (Wildman–Crippen MR) is 150 cm³/mol. The minimum Gasteiger partial charge on any atom is -0.492 e. The molecule has 39 heavy (non-hydrogen) atoms. The van der Waals surface area contributed by atoms with Gasteiger partial charge in [-0.25, -0.2) is 9.59 Å². The molecule has 0 spiro atoms. The lowest BCUT2D eigenvalue weighted by atomic mass is 10.1. The van der Waals surface area contributed by atoms with E-state index < -0.39 is 29.5 Å². The number of hydrogen-bond donors (Lipinski definition) is 1. The molecule has 1 heterocycles. The SMILES string of the molecule is CO[C@@H](CN(CCOc1ccc2c(Cl)nn(C(=O)OC(C)(C)C)c2c1)C(=O)OC(C)(C)C)c1cccc(N)c1. The van der Waals surface area contributed by atoms with Crippen LogP contribution in [0.2, 0.25) is 5.15 Å². The molecule has 2 aromatic carbocycles. The van der Waals surface area contributed by atoms with E-state index in [0.717, 1.165) is 10.2 Å². The largest absolute Gasteiger partial charge is 0.492 e. The van der Waals surface area contributed by atoms with E-state index in [0.29, 0.717) is 22.3 Å². The first kappa shape index (κ1) is 30.0. The van der Waals surface area contributed by atoms with E-state index in [1.165, 1.54) is 4.90 Å². The zero-order valence-corrected chi connectivity index (χ0v) is 24.2. The number of carbonyl (C=O) groups is 2. The van der Waals surface area contributed by atoms with Gasteiger partial charge in [0, 0.05) is 24.2 Å². The van der Waals surface area contributed by atoms with Gasteiger partial charge in [0.05, 0.1) is 24.7 Å². The van der Waals surface area contributed by atoms with Gasteiger partial charge in [-0.05, 0) is 71.4 Å². The monoisotopic (exact) mass is 560 g/mol. The van der Waals surface area contributed by atoms with Crippen molar-refractivity contribution in [1.82, 2.24) is 14.7 Å². The molecular formula is C28H37ClN4O6. The Hall–Kier alpha value is -3.50. The van der Waals surface area contributed by atoms with E-state index >= 15 is 0 Å². The van der Waals surface area contributed by atoms with E-state index in [2.05, 4.69) is 5.10 Å². The third-order valence-electron chi connectivity index (χ3n) is 5.41. The number of ether oxygens (including phenoxy) is 4. The van der Waals surface area contributed by atoms with Crippen molar-refractivity contribution in [2.45, 2.75) is 58.8 Å². The van der Waals surface area contributed by atoms with Crippen LogP contribution in [-0.4, -0.2) is 64.9 Å². The molecule has 212 valence electrons. The minimum absolute atomic E-state index is 0.145. The second kappa shape index (κ2) is 12.1. The highest BCUT2D eigenvalue weighted by atomic mass is 35.5. The molecule has 10 nitrogen and oxygen atoms in total. The van der Waals surface area contributed by atoms with Crippen LogP contribution in [0.3, 0.4) is 0 Å². The number of nitrogen functional groups attached to an aromatic ring is 1. The number of carbonyl (C=O) groups excluding carboxylic acids is 2. The third-order valence-corrected chi connectivity index (χ3v) is 5.69. The molecule has 2 N–H and O–H groups in total. The maximum Gasteiger partial charge on any atom is 0.435 e. The molecule has 0 aliphatic heterocycles. The Morgan fingerprint density at radius 2 is 1.74 bits per heavy atom. The maximum atomic E-state index is 13.1. The molecule has 3 rings (SSSR count). The van der Waals surface area contributed by atoms with Gasteiger partial charge in [0.25, 0.3) is 0 Å². The van der Waals surface area contributed by atoms with Crippen molar-refractivity contribution in [2.75, 3.05) is 32.5 Å². The molecule has 0 saturated heterocycles. The van der Waals surface area contributed by atoms with Crippen molar-refractivity contribution in [3.8, 4) is 5.75 Å². The molecule has 1 amide bonds. The number of anilines is 1. The quantitative estimate of drug-likeness (QED) is 0.330. The Morgan fingerprint density at radius 1 is 1.05 bits per heavy atom. The van der Waals surface area contributed by atoms with E-state index in [1.54, 1.807) is 72.9 Å². The fourth-order valence-corrected chi connectivity index (χ4v) is 3.96. The zero-order valence-electron chi connectivity index (χ0n) is 23.5. The Bertz CT molecular complexity index is 1310. The average Bonchev–Trinajstić information content (AvgIpc) is 3.15. The lowest BCUT2D eigenvalue weighted by Gasteiger charge is -2.30. The number of nitrogens with zero attached hydrogens (tertiary/aromatic N) is 3. The van der Waals surface area contributed by atoms with E-state index in [4.69, 9.17) is 36.3 Å². The van der Waals surface area contributed by atoms with Crippen LogP contribution in [0.4, 0.5) is 15.3 Å². The first-order valence-corrected chi connectivity index (χ1v) is 13.0. The second-order valence-corrected chi connectivity index (χ2v) is 11.4. The van der Waals surface area contributed by atoms with Crippen LogP contribution in [0.5, 0.6) is 5.75 Å². The Balaban J connectivity index is 1.77. The molecule has 0 aliphatic carbocycles. The van der Waals surface area contributed by atoms with Gasteiger partial charge in [0.15, 0.2) is 5.15 Å². The van der Waals surface area contributed by atoms with Gasteiger partial charge < -0.3 is 29.6 Å². The van der Waals surface area contributed by atoms with Crippen LogP contribution in [-0.2, 0) is 14.2 Å². The molecular weight excluding hydrogens is 524 g/mol. The number of fused-ring (bicyclic) bond motifs is 1. The van der Waals surface area contributed by atoms with Gasteiger partial charge in [0.1, 0.15) is 23.6 Å². The summed E-state index contributed by atoms with van der Waals surface area (Å²) in [5.41, 5.74) is 6.44. The van der Waals surface area contributed by atoms with Gasteiger partial charge in [-0.3, -0.25) is 0 Å². The molecule has 11 heteroatoms. The molecule has 3 aromatic rings. The number of hydrogen-bond acceptors (Lipinski definition) is 8. The summed E-state index contributed by atoms with van der Waals surface area (Å²) in [6.07, 6.45) is -1.58. The molecule has 1 aromatic heterocycles. The van der Waals surface area contributed by atoms with Crippen LogP contribution in [0.25, 0.3) is 10.9 Å². The van der Waals surface area contributed by atoms with Crippen molar-refractivity contribution >= 4 is 40.4 Å². The lowest BCUT2D eigenvalue weighted by molar-refractivity contribution is 0.00509. The summed E-state index contributed by atoms with van der Waals surface area (Å²) in [5, 5.41) is 4.87. The average molecular weight is 561 g/mol. The number of nitrogens with two attached hydrogens (primary N) is 1. The topological polar surface area (TPSA) is 118 Å². The van der Waals surface area contributed by atoms with Crippen LogP contribution >= 0.6 is 11.6 Å². The van der Waals surface area contributed by atoms with E-state index in [9.17, 15) is 9.59 Å². The zero-order chi connectivity index (χ0) is 29.0. The van der Waals surface area contributed by atoms with Crippen LogP contribution in [0, 0.1) is 0 Å². The summed E-state index contributed by atoms with van der Waals surface area (Å²) in [4.78, 5) is 27.2. The molecule has 0 bridgehead atoms. The number of halogens is 1. The van der Waals surface area contributed by atoms with Gasteiger partial charge in [-0.1, -0.05) is 23.7 Å². The fourth-order valence-electron chi connectivity index (χ4n) is 3.72. The Kier molecular flexibility index (Phi) is 9.34. The molecule has 0 fully saturated rings. The summed E-state index contributed by atoms with van der Waals surface area (Å²) in [5.74, 6) is 0.465. The number of amides is 1.